The number of aliphatic hydroxyl groups is 1. The van der Waals surface area contributed by atoms with Crippen LogP contribution in [0.15, 0.2) is 0 Å². The second-order valence-corrected chi connectivity index (χ2v) is 6.22. The minimum absolute atomic E-state index is 0.0781. The molecule has 2 atom stereocenters. The number of aliphatic hydroxyl groups excluding tert-OH is 1. The molecule has 110 valence electrons. The van der Waals surface area contributed by atoms with E-state index in [4.69, 9.17) is 5.73 Å². The maximum absolute atomic E-state index is 9.61. The fraction of sp³-hybridized carbons (Fsp3) is 1.00. The zero-order chi connectivity index (χ0) is 14.1. The van der Waals surface area contributed by atoms with Crippen LogP contribution in [0.3, 0.4) is 0 Å². The van der Waals surface area contributed by atoms with E-state index < -0.39 is 0 Å². The second-order valence-electron chi connectivity index (χ2n) is 6.22. The summed E-state index contributed by atoms with van der Waals surface area (Å²) >= 11 is 0. The number of nitrogens with zero attached hydrogens (tertiary/aromatic N) is 1. The van der Waals surface area contributed by atoms with Crippen molar-refractivity contribution in [3.8, 4) is 0 Å². The molecule has 3 nitrogen and oxygen atoms in total. The van der Waals surface area contributed by atoms with E-state index in [0.717, 1.165) is 19.5 Å². The number of hydrogen-bond acceptors (Lipinski definition) is 3. The van der Waals surface area contributed by atoms with Crippen LogP contribution < -0.4 is 5.73 Å². The smallest absolute Gasteiger partial charge is 0.0601 e. The van der Waals surface area contributed by atoms with E-state index in [0.29, 0.717) is 11.8 Å². The molecule has 0 aromatic heterocycles. The van der Waals surface area contributed by atoms with Crippen LogP contribution in [-0.2, 0) is 0 Å². The first-order chi connectivity index (χ1) is 8.42. The van der Waals surface area contributed by atoms with E-state index in [1.165, 1.54) is 12.8 Å². The minimum atomic E-state index is 0.0781. The Hall–Kier alpha value is -0.120. The zero-order valence-electron chi connectivity index (χ0n) is 13.0. The summed E-state index contributed by atoms with van der Waals surface area (Å²) in [5.74, 6) is 1.40. The molecule has 0 aromatic rings. The van der Waals surface area contributed by atoms with Crippen LogP contribution in [0.5, 0.6) is 0 Å². The molecule has 2 unspecified atom stereocenters. The summed E-state index contributed by atoms with van der Waals surface area (Å²) < 4.78 is 0. The van der Waals surface area contributed by atoms with E-state index in [9.17, 15) is 5.11 Å². The van der Waals surface area contributed by atoms with Gasteiger partial charge in [0.2, 0.25) is 0 Å². The van der Waals surface area contributed by atoms with Crippen LogP contribution in [0.2, 0.25) is 0 Å². The lowest BCUT2D eigenvalue weighted by Gasteiger charge is -2.35. The Balaban J connectivity index is 4.48. The van der Waals surface area contributed by atoms with Crippen molar-refractivity contribution in [3.05, 3.63) is 0 Å². The first kappa shape index (κ1) is 17.9. The van der Waals surface area contributed by atoms with Gasteiger partial charge in [0.05, 0.1) is 6.61 Å². The van der Waals surface area contributed by atoms with Gasteiger partial charge in [-0.25, -0.2) is 0 Å². The van der Waals surface area contributed by atoms with E-state index in [1.54, 1.807) is 0 Å². The Morgan fingerprint density at radius 2 is 1.44 bits per heavy atom. The van der Waals surface area contributed by atoms with Crippen molar-refractivity contribution >= 4 is 0 Å². The molecule has 0 aliphatic carbocycles. The van der Waals surface area contributed by atoms with Crippen LogP contribution in [0.1, 0.15) is 53.9 Å². The molecule has 0 rings (SSSR count). The Kier molecular flexibility index (Phi) is 9.70. The van der Waals surface area contributed by atoms with Gasteiger partial charge in [-0.1, -0.05) is 34.6 Å². The Labute approximate surface area is 114 Å². The monoisotopic (exact) mass is 258 g/mol. The molecule has 18 heavy (non-hydrogen) atoms. The fourth-order valence-electron chi connectivity index (χ4n) is 2.09. The predicted octanol–water partition coefficient (Wildman–Crippen LogP) is 2.48. The predicted molar refractivity (Wildman–Crippen MR) is 79.6 cm³/mol. The Bertz CT molecular complexity index is 183. The van der Waals surface area contributed by atoms with Crippen molar-refractivity contribution in [3.63, 3.8) is 0 Å². The molecule has 0 aliphatic heterocycles. The van der Waals surface area contributed by atoms with Gasteiger partial charge in [-0.2, -0.15) is 0 Å². The summed E-state index contributed by atoms with van der Waals surface area (Å²) in [6, 6.07) is 0.196. The molecule has 0 aromatic carbocycles. The highest BCUT2D eigenvalue weighted by molar-refractivity contribution is 4.81. The lowest BCUT2D eigenvalue weighted by atomic mass is 10.0. The molecule has 3 N–H and O–H groups in total. The highest BCUT2D eigenvalue weighted by Gasteiger charge is 2.23. The maximum Gasteiger partial charge on any atom is 0.0601 e. The summed E-state index contributed by atoms with van der Waals surface area (Å²) in [7, 11) is 0. The average Bonchev–Trinajstić information content (AvgIpc) is 2.31. The van der Waals surface area contributed by atoms with Gasteiger partial charge in [-0.3, -0.25) is 4.90 Å². The molecule has 0 spiro atoms. The van der Waals surface area contributed by atoms with Gasteiger partial charge in [0.25, 0.3) is 0 Å². The molecule has 0 bridgehead atoms. The third kappa shape index (κ3) is 7.34. The molecule has 0 fully saturated rings. The van der Waals surface area contributed by atoms with Gasteiger partial charge in [-0.15, -0.1) is 0 Å². The van der Waals surface area contributed by atoms with Gasteiger partial charge < -0.3 is 10.8 Å². The van der Waals surface area contributed by atoms with E-state index in [1.807, 2.05) is 0 Å². The molecule has 0 aliphatic rings. The molecule has 0 radical (unpaired) electrons. The zero-order valence-corrected chi connectivity index (χ0v) is 13.0. The topological polar surface area (TPSA) is 49.5 Å². The molecule has 0 amide bonds. The standard InChI is InChI=1S/C15H34N2O/c1-6-14(16)15(11-18)17(9-7-12(2)3)10-8-13(4)5/h12-15,18H,6-11,16H2,1-5H3. The van der Waals surface area contributed by atoms with Crippen LogP contribution in [0.4, 0.5) is 0 Å². The number of rotatable bonds is 10. The van der Waals surface area contributed by atoms with Gasteiger partial charge in [0, 0.05) is 12.1 Å². The molecule has 0 heterocycles. The summed E-state index contributed by atoms with van der Waals surface area (Å²) in [5.41, 5.74) is 6.14. The quantitative estimate of drug-likeness (QED) is 0.633. The highest BCUT2D eigenvalue weighted by Crippen LogP contribution is 2.12. The first-order valence-electron chi connectivity index (χ1n) is 7.52. The SMILES string of the molecule is CCC(N)C(CO)N(CCC(C)C)CCC(C)C. The third-order valence-electron chi connectivity index (χ3n) is 3.61. The van der Waals surface area contributed by atoms with Crippen molar-refractivity contribution in [2.75, 3.05) is 19.7 Å². The van der Waals surface area contributed by atoms with Crippen LogP contribution in [0, 0.1) is 11.8 Å². The van der Waals surface area contributed by atoms with Crippen molar-refractivity contribution < 1.29 is 5.11 Å². The summed E-state index contributed by atoms with van der Waals surface area (Å²) in [6.45, 7) is 13.3. The van der Waals surface area contributed by atoms with Gasteiger partial charge in [0.1, 0.15) is 0 Å². The van der Waals surface area contributed by atoms with Crippen molar-refractivity contribution in [1.82, 2.24) is 4.90 Å². The van der Waals surface area contributed by atoms with Gasteiger partial charge in [0.15, 0.2) is 0 Å². The number of nitrogens with two attached hydrogens (primary N) is 1. The Morgan fingerprint density at radius 1 is 1.00 bits per heavy atom. The van der Waals surface area contributed by atoms with Gasteiger partial charge >= 0.3 is 0 Å². The molecule has 3 heteroatoms. The normalized spacial score (nSPS) is 15.7. The third-order valence-corrected chi connectivity index (χ3v) is 3.61. The van der Waals surface area contributed by atoms with Crippen LogP contribution >= 0.6 is 0 Å². The number of hydrogen-bond donors (Lipinski definition) is 2. The molecule has 0 saturated carbocycles. The van der Waals surface area contributed by atoms with Crippen molar-refractivity contribution in [2.24, 2.45) is 17.6 Å². The first-order valence-corrected chi connectivity index (χ1v) is 7.52. The lowest BCUT2D eigenvalue weighted by molar-refractivity contribution is 0.0937. The highest BCUT2D eigenvalue weighted by atomic mass is 16.3. The largest absolute Gasteiger partial charge is 0.395 e. The van der Waals surface area contributed by atoms with Crippen molar-refractivity contribution in [1.29, 1.82) is 0 Å². The van der Waals surface area contributed by atoms with Crippen molar-refractivity contribution in [2.45, 2.75) is 66.0 Å². The minimum Gasteiger partial charge on any atom is -0.395 e. The summed E-state index contributed by atoms with van der Waals surface area (Å²) in [5, 5.41) is 9.61. The van der Waals surface area contributed by atoms with E-state index in [-0.39, 0.29) is 18.7 Å². The maximum atomic E-state index is 9.61. The van der Waals surface area contributed by atoms with Gasteiger partial charge in [-0.05, 0) is 44.2 Å². The molecular formula is C15H34N2O. The van der Waals surface area contributed by atoms with Crippen LogP contribution in [-0.4, -0.2) is 41.8 Å². The lowest BCUT2D eigenvalue weighted by Crippen LogP contribution is -2.50. The molecule has 0 saturated heterocycles. The van der Waals surface area contributed by atoms with Crippen LogP contribution in [0.25, 0.3) is 0 Å². The Morgan fingerprint density at radius 3 is 1.72 bits per heavy atom. The summed E-state index contributed by atoms with van der Waals surface area (Å²) in [6.07, 6.45) is 3.27. The summed E-state index contributed by atoms with van der Waals surface area (Å²) in [4.78, 5) is 2.40. The van der Waals surface area contributed by atoms with E-state index >= 15 is 0 Å². The fourth-order valence-corrected chi connectivity index (χ4v) is 2.09. The molecular weight excluding hydrogens is 224 g/mol. The second kappa shape index (κ2) is 9.76. The van der Waals surface area contributed by atoms with E-state index in [2.05, 4.69) is 39.5 Å². The average molecular weight is 258 g/mol.